The first-order valence-electron chi connectivity index (χ1n) is 5.10. The average Bonchev–Trinajstić information content (AvgIpc) is 2.16. The standard InChI is InChI=1S/C10H16N4O2/c1-7(9(15)16-10(2,3)4)5-8-13-11-6-12-14-8/h6-7H,5H2,1-4H3/t7-/m0/s1. The molecule has 16 heavy (non-hydrogen) atoms. The fraction of sp³-hybridized carbons (Fsp3) is 0.700. The van der Waals surface area contributed by atoms with Crippen molar-refractivity contribution in [2.45, 2.75) is 39.7 Å². The zero-order valence-electron chi connectivity index (χ0n) is 9.97. The number of hydrogen-bond acceptors (Lipinski definition) is 6. The summed E-state index contributed by atoms with van der Waals surface area (Å²) in [7, 11) is 0. The minimum absolute atomic E-state index is 0.264. The molecule has 0 fully saturated rings. The molecule has 0 saturated carbocycles. The molecular formula is C10H16N4O2. The zero-order valence-corrected chi connectivity index (χ0v) is 9.97. The fourth-order valence-corrected chi connectivity index (χ4v) is 1.07. The number of nitrogens with zero attached hydrogens (tertiary/aromatic N) is 4. The Kier molecular flexibility index (Phi) is 3.87. The first-order valence-corrected chi connectivity index (χ1v) is 5.10. The monoisotopic (exact) mass is 224 g/mol. The Morgan fingerprint density at radius 3 is 2.44 bits per heavy atom. The van der Waals surface area contributed by atoms with Gasteiger partial charge >= 0.3 is 5.97 Å². The maximum Gasteiger partial charge on any atom is 0.309 e. The second-order valence-electron chi connectivity index (χ2n) is 4.60. The van der Waals surface area contributed by atoms with E-state index in [0.29, 0.717) is 12.2 Å². The van der Waals surface area contributed by atoms with Gasteiger partial charge in [0.25, 0.3) is 0 Å². The molecule has 0 aliphatic heterocycles. The average molecular weight is 224 g/mol. The van der Waals surface area contributed by atoms with Crippen LogP contribution < -0.4 is 0 Å². The first-order chi connectivity index (χ1) is 7.38. The van der Waals surface area contributed by atoms with Crippen molar-refractivity contribution in [3.05, 3.63) is 12.2 Å². The molecule has 6 nitrogen and oxygen atoms in total. The van der Waals surface area contributed by atoms with Gasteiger partial charge in [-0.1, -0.05) is 6.92 Å². The highest BCUT2D eigenvalue weighted by Gasteiger charge is 2.22. The Morgan fingerprint density at radius 2 is 1.94 bits per heavy atom. The number of carbonyl (C=O) groups excluding carboxylic acids is 1. The molecule has 0 aliphatic rings. The third kappa shape index (κ3) is 4.29. The molecule has 0 aromatic carbocycles. The summed E-state index contributed by atoms with van der Waals surface area (Å²) in [6.07, 6.45) is 1.64. The summed E-state index contributed by atoms with van der Waals surface area (Å²) < 4.78 is 5.24. The number of rotatable bonds is 3. The summed E-state index contributed by atoms with van der Waals surface area (Å²) in [5.41, 5.74) is -0.473. The minimum atomic E-state index is -0.473. The lowest BCUT2D eigenvalue weighted by atomic mass is 10.1. The molecule has 0 N–H and O–H groups in total. The highest BCUT2D eigenvalue weighted by molar-refractivity contribution is 5.72. The van der Waals surface area contributed by atoms with Crippen LogP contribution in [0.25, 0.3) is 0 Å². The maximum absolute atomic E-state index is 11.6. The van der Waals surface area contributed by atoms with Crippen LogP contribution in [-0.4, -0.2) is 32.0 Å². The van der Waals surface area contributed by atoms with Crippen LogP contribution in [0.5, 0.6) is 0 Å². The van der Waals surface area contributed by atoms with Crippen LogP contribution in [0.2, 0.25) is 0 Å². The van der Waals surface area contributed by atoms with Gasteiger partial charge < -0.3 is 4.74 Å². The van der Waals surface area contributed by atoms with E-state index >= 15 is 0 Å². The van der Waals surface area contributed by atoms with E-state index in [4.69, 9.17) is 4.74 Å². The summed E-state index contributed by atoms with van der Waals surface area (Å²) in [6, 6.07) is 0. The SMILES string of the molecule is C[C@@H](Cc1nncnn1)C(=O)OC(C)(C)C. The molecule has 0 unspecified atom stereocenters. The summed E-state index contributed by atoms with van der Waals surface area (Å²) in [5, 5.41) is 14.7. The number of ether oxygens (including phenoxy) is 1. The normalized spacial score (nSPS) is 13.2. The van der Waals surface area contributed by atoms with Gasteiger partial charge in [0.1, 0.15) is 5.60 Å². The second kappa shape index (κ2) is 4.96. The van der Waals surface area contributed by atoms with Crippen LogP contribution >= 0.6 is 0 Å². The van der Waals surface area contributed by atoms with Crippen LogP contribution in [0.4, 0.5) is 0 Å². The molecule has 1 heterocycles. The molecule has 1 aromatic rings. The summed E-state index contributed by atoms with van der Waals surface area (Å²) in [4.78, 5) is 11.6. The molecular weight excluding hydrogens is 208 g/mol. The van der Waals surface area contributed by atoms with Crippen molar-refractivity contribution in [2.24, 2.45) is 5.92 Å². The predicted molar refractivity (Wildman–Crippen MR) is 56.3 cm³/mol. The van der Waals surface area contributed by atoms with Gasteiger partial charge in [-0.3, -0.25) is 4.79 Å². The first kappa shape index (κ1) is 12.5. The maximum atomic E-state index is 11.6. The molecule has 1 aromatic heterocycles. The van der Waals surface area contributed by atoms with Gasteiger partial charge in [0.15, 0.2) is 12.2 Å². The lowest BCUT2D eigenvalue weighted by Gasteiger charge is -2.21. The van der Waals surface area contributed by atoms with Crippen molar-refractivity contribution in [1.29, 1.82) is 0 Å². The second-order valence-corrected chi connectivity index (χ2v) is 4.60. The van der Waals surface area contributed by atoms with E-state index in [-0.39, 0.29) is 11.9 Å². The summed E-state index contributed by atoms with van der Waals surface area (Å²) in [5.74, 6) is -0.119. The minimum Gasteiger partial charge on any atom is -0.460 e. The fourth-order valence-electron chi connectivity index (χ4n) is 1.07. The molecule has 1 rings (SSSR count). The molecule has 0 amide bonds. The van der Waals surface area contributed by atoms with Gasteiger partial charge in [-0.2, -0.15) is 0 Å². The third-order valence-corrected chi connectivity index (χ3v) is 1.75. The summed E-state index contributed by atoms with van der Waals surface area (Å²) in [6.45, 7) is 7.27. The molecule has 0 aliphatic carbocycles. The Balaban J connectivity index is 2.53. The van der Waals surface area contributed by atoms with Crippen molar-refractivity contribution < 1.29 is 9.53 Å². The van der Waals surface area contributed by atoms with E-state index < -0.39 is 5.60 Å². The Hall–Kier alpha value is -1.59. The van der Waals surface area contributed by atoms with E-state index in [0.717, 1.165) is 0 Å². The van der Waals surface area contributed by atoms with Crippen LogP contribution in [-0.2, 0) is 16.0 Å². The Morgan fingerprint density at radius 1 is 1.38 bits per heavy atom. The Labute approximate surface area is 94.4 Å². The topological polar surface area (TPSA) is 77.9 Å². The van der Waals surface area contributed by atoms with Gasteiger partial charge in [-0.25, -0.2) is 0 Å². The number of hydrogen-bond donors (Lipinski definition) is 0. The van der Waals surface area contributed by atoms with Gasteiger partial charge in [-0.15, -0.1) is 20.4 Å². The summed E-state index contributed by atoms with van der Waals surface area (Å²) >= 11 is 0. The molecule has 1 atom stereocenters. The van der Waals surface area contributed by atoms with Crippen LogP contribution in [0, 0.1) is 5.92 Å². The van der Waals surface area contributed by atoms with Crippen molar-refractivity contribution in [2.75, 3.05) is 0 Å². The quantitative estimate of drug-likeness (QED) is 0.706. The zero-order chi connectivity index (χ0) is 12.2. The van der Waals surface area contributed by atoms with Crippen molar-refractivity contribution in [1.82, 2.24) is 20.4 Å². The largest absolute Gasteiger partial charge is 0.460 e. The van der Waals surface area contributed by atoms with Crippen LogP contribution in [0.3, 0.4) is 0 Å². The molecule has 88 valence electrons. The smallest absolute Gasteiger partial charge is 0.309 e. The number of esters is 1. The van der Waals surface area contributed by atoms with E-state index in [9.17, 15) is 4.79 Å². The van der Waals surface area contributed by atoms with Crippen LogP contribution in [0.15, 0.2) is 6.33 Å². The third-order valence-electron chi connectivity index (χ3n) is 1.75. The number of carbonyl (C=O) groups is 1. The molecule has 0 spiro atoms. The molecule has 0 bridgehead atoms. The van der Waals surface area contributed by atoms with E-state index in [1.165, 1.54) is 6.33 Å². The van der Waals surface area contributed by atoms with E-state index in [1.807, 2.05) is 20.8 Å². The van der Waals surface area contributed by atoms with Crippen molar-refractivity contribution in [3.8, 4) is 0 Å². The molecule has 0 radical (unpaired) electrons. The molecule has 0 saturated heterocycles. The highest BCUT2D eigenvalue weighted by Crippen LogP contribution is 2.12. The van der Waals surface area contributed by atoms with Crippen molar-refractivity contribution >= 4 is 5.97 Å². The van der Waals surface area contributed by atoms with E-state index in [2.05, 4.69) is 20.4 Å². The van der Waals surface area contributed by atoms with Gasteiger partial charge in [0.2, 0.25) is 0 Å². The van der Waals surface area contributed by atoms with Crippen molar-refractivity contribution in [3.63, 3.8) is 0 Å². The van der Waals surface area contributed by atoms with Gasteiger partial charge in [0.05, 0.1) is 5.92 Å². The van der Waals surface area contributed by atoms with Crippen LogP contribution in [0.1, 0.15) is 33.5 Å². The highest BCUT2D eigenvalue weighted by atomic mass is 16.6. The van der Waals surface area contributed by atoms with Gasteiger partial charge in [0, 0.05) is 6.42 Å². The lowest BCUT2D eigenvalue weighted by molar-refractivity contribution is -0.159. The number of aromatic nitrogens is 4. The van der Waals surface area contributed by atoms with E-state index in [1.54, 1.807) is 6.92 Å². The Bertz CT molecular complexity index is 348. The van der Waals surface area contributed by atoms with Gasteiger partial charge in [-0.05, 0) is 20.8 Å². The lowest BCUT2D eigenvalue weighted by Crippen LogP contribution is -2.28. The predicted octanol–water partition coefficient (Wildman–Crippen LogP) is 0.787. The molecule has 6 heteroatoms.